The summed E-state index contributed by atoms with van der Waals surface area (Å²) in [6.07, 6.45) is 1.82. The second kappa shape index (κ2) is 2.46. The van der Waals surface area contributed by atoms with Crippen molar-refractivity contribution in [2.24, 2.45) is 4.99 Å². The number of H-pyrrole nitrogens is 1. The SMILES string of the molecule is c1cc(C2=NCCS2)n[nH]1. The van der Waals surface area contributed by atoms with Crippen molar-refractivity contribution in [1.29, 1.82) is 0 Å². The predicted octanol–water partition coefficient (Wildman–Crippen LogP) is 0.903. The summed E-state index contributed by atoms with van der Waals surface area (Å²) in [4.78, 5) is 4.28. The highest BCUT2D eigenvalue weighted by atomic mass is 32.2. The molecule has 0 aromatic carbocycles. The van der Waals surface area contributed by atoms with Gasteiger partial charge in [0.15, 0.2) is 0 Å². The standard InChI is InChI=1S/C6H7N3S/c1-2-8-9-5(1)6-7-3-4-10-6/h1-2H,3-4H2,(H,8,9). The molecule has 0 amide bonds. The number of aliphatic imine (C=N–C) groups is 1. The summed E-state index contributed by atoms with van der Waals surface area (Å²) < 4.78 is 0. The number of hydrogen-bond acceptors (Lipinski definition) is 3. The molecule has 0 bridgehead atoms. The number of nitrogens with one attached hydrogen (secondary N) is 1. The van der Waals surface area contributed by atoms with Crippen molar-refractivity contribution in [2.45, 2.75) is 0 Å². The number of rotatable bonds is 1. The molecule has 1 aliphatic rings. The molecule has 2 rings (SSSR count). The summed E-state index contributed by atoms with van der Waals surface area (Å²) in [5, 5.41) is 7.85. The van der Waals surface area contributed by atoms with Gasteiger partial charge in [0, 0.05) is 18.5 Å². The summed E-state index contributed by atoms with van der Waals surface area (Å²) in [7, 11) is 0. The molecule has 1 aromatic heterocycles. The van der Waals surface area contributed by atoms with Crippen molar-refractivity contribution >= 4 is 16.8 Å². The molecule has 52 valence electrons. The van der Waals surface area contributed by atoms with Crippen LogP contribution in [-0.4, -0.2) is 27.5 Å². The molecule has 0 saturated heterocycles. The first-order chi connectivity index (χ1) is 4.97. The third-order valence-corrected chi connectivity index (χ3v) is 2.30. The van der Waals surface area contributed by atoms with E-state index >= 15 is 0 Å². The summed E-state index contributed by atoms with van der Waals surface area (Å²) in [5.41, 5.74) is 0.975. The number of aromatic amines is 1. The number of nitrogens with zero attached hydrogens (tertiary/aromatic N) is 2. The molecular formula is C6H7N3S. The van der Waals surface area contributed by atoms with Crippen molar-refractivity contribution in [2.75, 3.05) is 12.3 Å². The average Bonchev–Trinajstić information content (AvgIpc) is 2.59. The zero-order valence-electron chi connectivity index (χ0n) is 5.37. The fourth-order valence-corrected chi connectivity index (χ4v) is 1.69. The topological polar surface area (TPSA) is 41.0 Å². The van der Waals surface area contributed by atoms with Gasteiger partial charge in [-0.1, -0.05) is 0 Å². The zero-order valence-corrected chi connectivity index (χ0v) is 6.19. The Morgan fingerprint density at radius 1 is 1.60 bits per heavy atom. The summed E-state index contributed by atoms with van der Waals surface area (Å²) >= 11 is 1.77. The first kappa shape index (κ1) is 5.97. The maximum Gasteiger partial charge on any atom is 0.118 e. The van der Waals surface area contributed by atoms with E-state index in [9.17, 15) is 0 Å². The number of aromatic nitrogens is 2. The fraction of sp³-hybridized carbons (Fsp3) is 0.333. The van der Waals surface area contributed by atoms with Gasteiger partial charge in [0.05, 0.1) is 0 Å². The van der Waals surface area contributed by atoms with Crippen molar-refractivity contribution in [1.82, 2.24) is 10.2 Å². The third-order valence-electron chi connectivity index (χ3n) is 1.31. The Hall–Kier alpha value is -0.770. The Morgan fingerprint density at radius 2 is 2.60 bits per heavy atom. The highest BCUT2D eigenvalue weighted by Gasteiger charge is 2.10. The van der Waals surface area contributed by atoms with E-state index in [0.29, 0.717) is 0 Å². The quantitative estimate of drug-likeness (QED) is 0.651. The zero-order chi connectivity index (χ0) is 6.81. The molecule has 0 aliphatic carbocycles. The van der Waals surface area contributed by atoms with Gasteiger partial charge in [0.25, 0.3) is 0 Å². The molecule has 4 heteroatoms. The maximum atomic E-state index is 4.28. The van der Waals surface area contributed by atoms with E-state index in [1.54, 1.807) is 11.8 Å². The molecule has 3 nitrogen and oxygen atoms in total. The first-order valence-electron chi connectivity index (χ1n) is 3.14. The van der Waals surface area contributed by atoms with Gasteiger partial charge in [0.2, 0.25) is 0 Å². The molecule has 0 radical (unpaired) electrons. The highest BCUT2D eigenvalue weighted by Crippen LogP contribution is 2.16. The summed E-state index contributed by atoms with van der Waals surface area (Å²) in [5.74, 6) is 1.10. The fourth-order valence-electron chi connectivity index (χ4n) is 0.869. The molecule has 0 saturated carbocycles. The van der Waals surface area contributed by atoms with Gasteiger partial charge in [-0.25, -0.2) is 0 Å². The molecule has 2 heterocycles. The lowest BCUT2D eigenvalue weighted by Crippen LogP contribution is -1.90. The Labute approximate surface area is 62.9 Å². The lowest BCUT2D eigenvalue weighted by atomic mass is 10.5. The van der Waals surface area contributed by atoms with Gasteiger partial charge in [0.1, 0.15) is 10.7 Å². The molecule has 1 N–H and O–H groups in total. The molecule has 0 atom stereocenters. The summed E-state index contributed by atoms with van der Waals surface area (Å²) in [6.45, 7) is 0.937. The Kier molecular flexibility index (Phi) is 1.47. The van der Waals surface area contributed by atoms with E-state index in [-0.39, 0.29) is 0 Å². The van der Waals surface area contributed by atoms with Crippen LogP contribution in [0, 0.1) is 0 Å². The van der Waals surface area contributed by atoms with Crippen LogP contribution in [0.2, 0.25) is 0 Å². The van der Waals surface area contributed by atoms with Crippen molar-refractivity contribution in [3.05, 3.63) is 18.0 Å². The average molecular weight is 153 g/mol. The largest absolute Gasteiger partial charge is 0.285 e. The molecule has 10 heavy (non-hydrogen) atoms. The first-order valence-corrected chi connectivity index (χ1v) is 4.13. The van der Waals surface area contributed by atoms with E-state index in [1.165, 1.54) is 0 Å². The van der Waals surface area contributed by atoms with Gasteiger partial charge in [-0.2, -0.15) is 5.10 Å². The van der Waals surface area contributed by atoms with Gasteiger partial charge in [-0.15, -0.1) is 11.8 Å². The van der Waals surface area contributed by atoms with Crippen LogP contribution >= 0.6 is 11.8 Å². The van der Waals surface area contributed by atoms with Crippen LogP contribution in [-0.2, 0) is 0 Å². The Bertz CT molecular complexity index is 240. The van der Waals surface area contributed by atoms with Crippen LogP contribution in [0.5, 0.6) is 0 Å². The van der Waals surface area contributed by atoms with Crippen molar-refractivity contribution < 1.29 is 0 Å². The molecule has 1 aliphatic heterocycles. The maximum absolute atomic E-state index is 4.28. The van der Waals surface area contributed by atoms with Crippen LogP contribution in [0.3, 0.4) is 0 Å². The van der Waals surface area contributed by atoms with Crippen molar-refractivity contribution in [3.63, 3.8) is 0 Å². The van der Waals surface area contributed by atoms with E-state index < -0.39 is 0 Å². The molecular weight excluding hydrogens is 146 g/mol. The second-order valence-electron chi connectivity index (χ2n) is 1.99. The van der Waals surface area contributed by atoms with Crippen LogP contribution in [0.1, 0.15) is 5.69 Å². The van der Waals surface area contributed by atoms with E-state index in [4.69, 9.17) is 0 Å². The summed E-state index contributed by atoms with van der Waals surface area (Å²) in [6, 6.07) is 1.94. The number of hydrogen-bond donors (Lipinski definition) is 1. The van der Waals surface area contributed by atoms with Crippen LogP contribution in [0.4, 0.5) is 0 Å². The normalized spacial score (nSPS) is 17.4. The third kappa shape index (κ3) is 0.945. The van der Waals surface area contributed by atoms with E-state index in [2.05, 4.69) is 15.2 Å². The highest BCUT2D eigenvalue weighted by molar-refractivity contribution is 8.14. The lowest BCUT2D eigenvalue weighted by Gasteiger charge is -1.88. The van der Waals surface area contributed by atoms with Gasteiger partial charge in [-0.05, 0) is 6.07 Å². The van der Waals surface area contributed by atoms with Crippen molar-refractivity contribution in [3.8, 4) is 0 Å². The van der Waals surface area contributed by atoms with Gasteiger partial charge < -0.3 is 0 Å². The van der Waals surface area contributed by atoms with Crippen LogP contribution in [0.25, 0.3) is 0 Å². The van der Waals surface area contributed by atoms with E-state index in [0.717, 1.165) is 23.0 Å². The minimum atomic E-state index is 0.937. The Morgan fingerprint density at radius 3 is 3.20 bits per heavy atom. The molecule has 1 aromatic rings. The Balaban J connectivity index is 2.28. The van der Waals surface area contributed by atoms with E-state index in [1.807, 2.05) is 12.3 Å². The van der Waals surface area contributed by atoms with Gasteiger partial charge in [-0.3, -0.25) is 10.1 Å². The second-order valence-corrected chi connectivity index (χ2v) is 3.08. The molecule has 0 fully saturated rings. The minimum absolute atomic E-state index is 0.937. The molecule has 0 spiro atoms. The monoisotopic (exact) mass is 153 g/mol. The molecule has 0 unspecified atom stereocenters. The van der Waals surface area contributed by atoms with Crippen LogP contribution < -0.4 is 0 Å². The lowest BCUT2D eigenvalue weighted by molar-refractivity contribution is 1.08. The smallest absolute Gasteiger partial charge is 0.118 e. The van der Waals surface area contributed by atoms with Crippen LogP contribution in [0.15, 0.2) is 17.3 Å². The predicted molar refractivity (Wildman–Crippen MR) is 42.4 cm³/mol. The van der Waals surface area contributed by atoms with Gasteiger partial charge >= 0.3 is 0 Å². The minimum Gasteiger partial charge on any atom is -0.285 e. The number of thioether (sulfide) groups is 1.